The fourth-order valence-corrected chi connectivity index (χ4v) is 2.43. The number of nitrogen functional groups attached to an aromatic ring is 1. The van der Waals surface area contributed by atoms with Crippen LogP contribution in [-0.2, 0) is 6.54 Å². The van der Waals surface area contributed by atoms with Crippen molar-refractivity contribution in [2.24, 2.45) is 0 Å². The van der Waals surface area contributed by atoms with Gasteiger partial charge in [0.1, 0.15) is 0 Å². The summed E-state index contributed by atoms with van der Waals surface area (Å²) in [5.74, 6) is 0. The second kappa shape index (κ2) is 6.47. The van der Waals surface area contributed by atoms with Gasteiger partial charge in [0.25, 0.3) is 0 Å². The Bertz CT molecular complexity index is 558. The fraction of sp³-hybridized carbons (Fsp3) is 0.333. The second-order valence-corrected chi connectivity index (χ2v) is 5.44. The summed E-state index contributed by atoms with van der Waals surface area (Å²) in [5.41, 5.74) is 11.9. The molecule has 0 radical (unpaired) electrons. The van der Waals surface area contributed by atoms with Gasteiger partial charge in [-0.15, -0.1) is 0 Å². The number of nitrogens with zero attached hydrogens (tertiary/aromatic N) is 1. The van der Waals surface area contributed by atoms with Crippen molar-refractivity contribution in [2.45, 2.75) is 33.7 Å². The van der Waals surface area contributed by atoms with Crippen molar-refractivity contribution < 1.29 is 0 Å². The maximum absolute atomic E-state index is 5.78. The van der Waals surface area contributed by atoms with Crippen LogP contribution in [0.3, 0.4) is 0 Å². The molecule has 2 aromatic rings. The summed E-state index contributed by atoms with van der Waals surface area (Å²) in [4.78, 5) is 2.42. The third-order valence-electron chi connectivity index (χ3n) is 3.62. The summed E-state index contributed by atoms with van der Waals surface area (Å²) in [7, 11) is 0. The predicted molar refractivity (Wildman–Crippen MR) is 88.1 cm³/mol. The first-order valence-corrected chi connectivity index (χ1v) is 7.26. The second-order valence-electron chi connectivity index (χ2n) is 5.44. The van der Waals surface area contributed by atoms with Crippen molar-refractivity contribution >= 4 is 11.4 Å². The summed E-state index contributed by atoms with van der Waals surface area (Å²) >= 11 is 0. The van der Waals surface area contributed by atoms with Crippen molar-refractivity contribution in [3.8, 4) is 0 Å². The average molecular weight is 268 g/mol. The Hall–Kier alpha value is -1.96. The van der Waals surface area contributed by atoms with Gasteiger partial charge in [-0.1, -0.05) is 30.7 Å². The lowest BCUT2D eigenvalue weighted by molar-refractivity contribution is 0.764. The van der Waals surface area contributed by atoms with Crippen LogP contribution < -0.4 is 10.6 Å². The first kappa shape index (κ1) is 14.4. The van der Waals surface area contributed by atoms with Crippen LogP contribution in [0.1, 0.15) is 30.0 Å². The van der Waals surface area contributed by atoms with Crippen molar-refractivity contribution in [2.75, 3.05) is 17.2 Å². The van der Waals surface area contributed by atoms with Crippen LogP contribution in [0.15, 0.2) is 42.5 Å². The van der Waals surface area contributed by atoms with E-state index in [4.69, 9.17) is 5.73 Å². The van der Waals surface area contributed by atoms with Gasteiger partial charge < -0.3 is 10.6 Å². The number of aryl methyl sites for hydroxylation is 2. The van der Waals surface area contributed by atoms with E-state index in [9.17, 15) is 0 Å². The normalized spacial score (nSPS) is 10.6. The lowest BCUT2D eigenvalue weighted by Gasteiger charge is -2.25. The van der Waals surface area contributed by atoms with Gasteiger partial charge in [-0.05, 0) is 55.7 Å². The number of hydrogen-bond donors (Lipinski definition) is 1. The van der Waals surface area contributed by atoms with Crippen molar-refractivity contribution in [1.29, 1.82) is 0 Å². The molecule has 106 valence electrons. The molecular weight excluding hydrogens is 244 g/mol. The van der Waals surface area contributed by atoms with Crippen LogP contribution in [0, 0.1) is 13.8 Å². The standard InChI is InChI=1S/C18H24N2/c1-4-11-20(18-9-7-17(19)8-10-18)13-16-12-14(2)5-6-15(16)3/h5-10,12H,4,11,13,19H2,1-3H3. The highest BCUT2D eigenvalue weighted by molar-refractivity contribution is 5.53. The molecule has 0 fully saturated rings. The number of nitrogens with two attached hydrogens (primary N) is 1. The van der Waals surface area contributed by atoms with E-state index in [1.54, 1.807) is 0 Å². The molecule has 0 saturated heterocycles. The minimum absolute atomic E-state index is 0.817. The zero-order chi connectivity index (χ0) is 14.5. The van der Waals surface area contributed by atoms with Gasteiger partial charge in [-0.3, -0.25) is 0 Å². The first-order chi connectivity index (χ1) is 9.60. The number of anilines is 2. The Morgan fingerprint density at radius 1 is 1.00 bits per heavy atom. The predicted octanol–water partition coefficient (Wildman–Crippen LogP) is 4.30. The summed E-state index contributed by atoms with van der Waals surface area (Å²) in [6.07, 6.45) is 1.13. The third-order valence-corrected chi connectivity index (χ3v) is 3.62. The van der Waals surface area contributed by atoms with E-state index in [1.807, 2.05) is 12.1 Å². The van der Waals surface area contributed by atoms with Gasteiger partial charge in [-0.2, -0.15) is 0 Å². The molecule has 0 spiro atoms. The zero-order valence-electron chi connectivity index (χ0n) is 12.7. The largest absolute Gasteiger partial charge is 0.399 e. The molecule has 0 aliphatic heterocycles. The molecule has 20 heavy (non-hydrogen) atoms. The van der Waals surface area contributed by atoms with E-state index in [0.717, 1.165) is 25.2 Å². The van der Waals surface area contributed by atoms with E-state index < -0.39 is 0 Å². The Balaban J connectivity index is 2.25. The zero-order valence-corrected chi connectivity index (χ0v) is 12.7. The topological polar surface area (TPSA) is 29.3 Å². The Morgan fingerprint density at radius 2 is 1.70 bits per heavy atom. The van der Waals surface area contributed by atoms with Crippen LogP contribution in [0.25, 0.3) is 0 Å². The summed E-state index contributed by atoms with van der Waals surface area (Å²) in [6, 6.07) is 14.8. The summed E-state index contributed by atoms with van der Waals surface area (Å²) in [5, 5.41) is 0. The van der Waals surface area contributed by atoms with Gasteiger partial charge in [0.2, 0.25) is 0 Å². The maximum Gasteiger partial charge on any atom is 0.0432 e. The van der Waals surface area contributed by atoms with Crippen molar-refractivity contribution in [1.82, 2.24) is 0 Å². The summed E-state index contributed by atoms with van der Waals surface area (Å²) in [6.45, 7) is 8.55. The average Bonchev–Trinajstić information content (AvgIpc) is 2.43. The molecule has 0 amide bonds. The maximum atomic E-state index is 5.78. The number of hydrogen-bond acceptors (Lipinski definition) is 2. The molecule has 2 rings (SSSR count). The molecule has 0 aliphatic carbocycles. The molecule has 2 aromatic carbocycles. The van der Waals surface area contributed by atoms with Crippen LogP contribution in [0.4, 0.5) is 11.4 Å². The molecule has 2 nitrogen and oxygen atoms in total. The van der Waals surface area contributed by atoms with E-state index in [0.29, 0.717) is 0 Å². The van der Waals surface area contributed by atoms with Gasteiger partial charge in [0.15, 0.2) is 0 Å². The SMILES string of the molecule is CCCN(Cc1cc(C)ccc1C)c1ccc(N)cc1. The summed E-state index contributed by atoms with van der Waals surface area (Å²) < 4.78 is 0. The van der Waals surface area contributed by atoms with Crippen LogP contribution in [0.2, 0.25) is 0 Å². The molecule has 2 heteroatoms. The third kappa shape index (κ3) is 3.53. The lowest BCUT2D eigenvalue weighted by Crippen LogP contribution is -2.23. The number of rotatable bonds is 5. The Morgan fingerprint density at radius 3 is 2.35 bits per heavy atom. The van der Waals surface area contributed by atoms with E-state index >= 15 is 0 Å². The van der Waals surface area contributed by atoms with Gasteiger partial charge in [-0.25, -0.2) is 0 Å². The smallest absolute Gasteiger partial charge is 0.0432 e. The van der Waals surface area contributed by atoms with Gasteiger partial charge in [0.05, 0.1) is 0 Å². The molecular formula is C18H24N2. The van der Waals surface area contributed by atoms with Crippen molar-refractivity contribution in [3.05, 3.63) is 59.2 Å². The molecule has 0 unspecified atom stereocenters. The lowest BCUT2D eigenvalue weighted by atomic mass is 10.0. The first-order valence-electron chi connectivity index (χ1n) is 7.26. The van der Waals surface area contributed by atoms with E-state index in [-0.39, 0.29) is 0 Å². The highest BCUT2D eigenvalue weighted by Crippen LogP contribution is 2.21. The van der Waals surface area contributed by atoms with E-state index in [2.05, 4.69) is 56.0 Å². The molecule has 0 bridgehead atoms. The molecule has 0 aromatic heterocycles. The number of benzene rings is 2. The highest BCUT2D eigenvalue weighted by Gasteiger charge is 2.08. The van der Waals surface area contributed by atoms with Crippen LogP contribution in [0.5, 0.6) is 0 Å². The van der Waals surface area contributed by atoms with Crippen LogP contribution in [-0.4, -0.2) is 6.54 Å². The molecule has 0 saturated carbocycles. The fourth-order valence-electron chi connectivity index (χ4n) is 2.43. The minimum atomic E-state index is 0.817. The van der Waals surface area contributed by atoms with Crippen LogP contribution >= 0.6 is 0 Å². The quantitative estimate of drug-likeness (QED) is 0.819. The molecule has 0 heterocycles. The molecule has 2 N–H and O–H groups in total. The molecule has 0 atom stereocenters. The van der Waals surface area contributed by atoms with Gasteiger partial charge in [0, 0.05) is 24.5 Å². The highest BCUT2D eigenvalue weighted by atomic mass is 15.1. The van der Waals surface area contributed by atoms with E-state index in [1.165, 1.54) is 22.4 Å². The Kier molecular flexibility index (Phi) is 4.67. The molecule has 0 aliphatic rings. The van der Waals surface area contributed by atoms with Crippen molar-refractivity contribution in [3.63, 3.8) is 0 Å². The monoisotopic (exact) mass is 268 g/mol. The minimum Gasteiger partial charge on any atom is -0.399 e. The van der Waals surface area contributed by atoms with Gasteiger partial charge >= 0.3 is 0 Å². The Labute approximate surface area is 122 Å².